The molecular formula is C16H7Cl4F6N3. The van der Waals surface area contributed by atoms with E-state index in [1.807, 2.05) is 0 Å². The highest BCUT2D eigenvalue weighted by atomic mass is 35.5. The molecule has 0 aromatic heterocycles. The third kappa shape index (κ3) is 6.15. The van der Waals surface area contributed by atoms with Crippen molar-refractivity contribution < 1.29 is 26.3 Å². The summed E-state index contributed by atoms with van der Waals surface area (Å²) in [5.41, 5.74) is -1.08. The molecule has 0 unspecified atom stereocenters. The number of alkyl halides is 6. The van der Waals surface area contributed by atoms with Crippen molar-refractivity contribution in [2.24, 2.45) is 9.98 Å². The van der Waals surface area contributed by atoms with Gasteiger partial charge in [-0.15, -0.1) is 0 Å². The molecule has 0 aliphatic carbocycles. The highest BCUT2D eigenvalue weighted by molar-refractivity contribution is 6.40. The largest absolute Gasteiger partial charge is 0.451 e. The second kappa shape index (κ2) is 8.99. The molecule has 0 amide bonds. The van der Waals surface area contributed by atoms with E-state index in [-0.39, 0.29) is 20.1 Å². The molecule has 0 spiro atoms. The lowest BCUT2D eigenvalue weighted by molar-refractivity contribution is -0.0626. The number of aliphatic imine (C=N–C) groups is 2. The maximum atomic E-state index is 13.4. The third-order valence-corrected chi connectivity index (χ3v) is 4.34. The maximum absolute atomic E-state index is 13.4. The van der Waals surface area contributed by atoms with E-state index in [9.17, 15) is 26.3 Å². The fourth-order valence-corrected chi connectivity index (χ4v) is 2.83. The molecule has 0 saturated carbocycles. The van der Waals surface area contributed by atoms with Crippen LogP contribution in [0.5, 0.6) is 0 Å². The van der Waals surface area contributed by atoms with E-state index in [0.29, 0.717) is 0 Å². The van der Waals surface area contributed by atoms with Crippen LogP contribution in [0.3, 0.4) is 0 Å². The Labute approximate surface area is 179 Å². The quantitative estimate of drug-likeness (QED) is 0.255. The number of para-hydroxylation sites is 2. The van der Waals surface area contributed by atoms with Gasteiger partial charge in [-0.05, 0) is 24.3 Å². The molecule has 0 bridgehead atoms. The molecule has 2 aromatic rings. The van der Waals surface area contributed by atoms with Crippen LogP contribution in [0.4, 0.5) is 37.7 Å². The zero-order chi connectivity index (χ0) is 22.0. The van der Waals surface area contributed by atoms with Crippen molar-refractivity contribution in [1.82, 2.24) is 0 Å². The van der Waals surface area contributed by atoms with Crippen LogP contribution in [0, 0.1) is 0 Å². The number of rotatable bonds is 2. The zero-order valence-corrected chi connectivity index (χ0v) is 16.7. The molecule has 1 N–H and O–H groups in total. The van der Waals surface area contributed by atoms with Crippen molar-refractivity contribution in [3.05, 3.63) is 56.5 Å². The second-order valence-electron chi connectivity index (χ2n) is 5.18. The first-order chi connectivity index (χ1) is 13.3. The Bertz CT molecular complexity index is 930. The molecule has 156 valence electrons. The van der Waals surface area contributed by atoms with Crippen LogP contribution >= 0.6 is 46.4 Å². The van der Waals surface area contributed by atoms with Crippen LogP contribution in [0.2, 0.25) is 20.1 Å². The molecule has 0 atom stereocenters. The SMILES string of the molecule is FC(F)(F)C(=Nc1c(Cl)cccc1Cl)N=C(Nc1c(Cl)cccc1Cl)C(F)(F)F. The van der Waals surface area contributed by atoms with Gasteiger partial charge in [0.25, 0.3) is 0 Å². The van der Waals surface area contributed by atoms with Crippen molar-refractivity contribution >= 4 is 69.4 Å². The molecule has 0 heterocycles. The van der Waals surface area contributed by atoms with E-state index < -0.39 is 35.4 Å². The van der Waals surface area contributed by atoms with Crippen molar-refractivity contribution in [2.75, 3.05) is 5.32 Å². The monoisotopic (exact) mass is 495 g/mol. The lowest BCUT2D eigenvalue weighted by Gasteiger charge is -2.16. The smallest absolute Gasteiger partial charge is 0.334 e. The Morgan fingerprint density at radius 1 is 0.724 bits per heavy atom. The minimum Gasteiger partial charge on any atom is -0.334 e. The molecule has 2 aromatic carbocycles. The van der Waals surface area contributed by atoms with Gasteiger partial charge in [-0.2, -0.15) is 26.3 Å². The van der Waals surface area contributed by atoms with E-state index in [1.54, 1.807) is 5.32 Å². The summed E-state index contributed by atoms with van der Waals surface area (Å²) in [6.45, 7) is 0. The summed E-state index contributed by atoms with van der Waals surface area (Å²) >= 11 is 23.0. The van der Waals surface area contributed by atoms with Crippen LogP contribution in [0.1, 0.15) is 0 Å². The Balaban J connectivity index is 2.65. The van der Waals surface area contributed by atoms with E-state index >= 15 is 0 Å². The summed E-state index contributed by atoms with van der Waals surface area (Å²) in [6, 6.07) is 7.36. The molecule has 3 nitrogen and oxygen atoms in total. The number of halogens is 10. The van der Waals surface area contributed by atoms with Gasteiger partial charge in [-0.1, -0.05) is 58.5 Å². The Hall–Kier alpha value is -1.68. The van der Waals surface area contributed by atoms with E-state index in [2.05, 4.69) is 9.98 Å². The van der Waals surface area contributed by atoms with E-state index in [0.717, 1.165) is 12.1 Å². The minimum absolute atomic E-state index is 0.269. The van der Waals surface area contributed by atoms with Crippen molar-refractivity contribution in [2.45, 2.75) is 12.4 Å². The molecule has 0 saturated heterocycles. The number of hydrogen-bond donors (Lipinski definition) is 1. The summed E-state index contributed by atoms with van der Waals surface area (Å²) in [5.74, 6) is -4.19. The molecule has 0 aliphatic rings. The van der Waals surface area contributed by atoms with Crippen molar-refractivity contribution in [3.8, 4) is 0 Å². The number of hydrogen-bond acceptors (Lipinski definition) is 1. The minimum atomic E-state index is -5.37. The van der Waals surface area contributed by atoms with Crippen LogP contribution in [-0.2, 0) is 0 Å². The topological polar surface area (TPSA) is 36.8 Å². The van der Waals surface area contributed by atoms with Crippen LogP contribution in [0.25, 0.3) is 0 Å². The maximum Gasteiger partial charge on any atom is 0.451 e. The van der Waals surface area contributed by atoms with Gasteiger partial charge < -0.3 is 5.32 Å². The average Bonchev–Trinajstić information content (AvgIpc) is 2.56. The van der Waals surface area contributed by atoms with Gasteiger partial charge in [-0.3, -0.25) is 0 Å². The zero-order valence-electron chi connectivity index (χ0n) is 13.6. The van der Waals surface area contributed by atoms with E-state index in [4.69, 9.17) is 46.4 Å². The number of benzene rings is 2. The Morgan fingerprint density at radius 2 is 1.17 bits per heavy atom. The number of nitrogens with zero attached hydrogens (tertiary/aromatic N) is 2. The lowest BCUT2D eigenvalue weighted by atomic mass is 10.3. The molecule has 29 heavy (non-hydrogen) atoms. The number of nitrogens with one attached hydrogen (secondary N) is 1. The summed E-state index contributed by atoms with van der Waals surface area (Å²) in [7, 11) is 0. The standard InChI is InChI=1S/C16H7Cl4F6N3/c17-7-3-1-4-8(18)11(7)27-13(15(21,22)23)29-14(16(24,25)26)28-12-9(19)5-2-6-10(12)20/h1-6H,(H,27,28,29). The van der Waals surface area contributed by atoms with Crippen LogP contribution in [0.15, 0.2) is 46.4 Å². The van der Waals surface area contributed by atoms with Gasteiger partial charge in [0.05, 0.1) is 25.8 Å². The molecule has 0 radical (unpaired) electrons. The fraction of sp³-hybridized carbons (Fsp3) is 0.125. The third-order valence-electron chi connectivity index (χ3n) is 3.10. The van der Waals surface area contributed by atoms with Gasteiger partial charge in [0.15, 0.2) is 0 Å². The average molecular weight is 497 g/mol. The summed E-state index contributed by atoms with van der Waals surface area (Å²) in [5, 5.41) is 0.519. The van der Waals surface area contributed by atoms with Crippen LogP contribution < -0.4 is 5.32 Å². The Kier molecular flexibility index (Phi) is 7.32. The highest BCUT2D eigenvalue weighted by Gasteiger charge is 2.42. The summed E-state index contributed by atoms with van der Waals surface area (Å²) < 4.78 is 80.1. The van der Waals surface area contributed by atoms with Gasteiger partial charge in [0, 0.05) is 0 Å². The number of amidine groups is 2. The lowest BCUT2D eigenvalue weighted by Crippen LogP contribution is -2.34. The first kappa shape index (κ1) is 23.6. The molecule has 13 heteroatoms. The van der Waals surface area contributed by atoms with Crippen LogP contribution in [-0.4, -0.2) is 24.0 Å². The summed E-state index contributed by atoms with van der Waals surface area (Å²) in [4.78, 5) is 5.75. The predicted octanol–water partition coefficient (Wildman–Crippen LogP) is 7.97. The van der Waals surface area contributed by atoms with Gasteiger partial charge in [0.1, 0.15) is 5.69 Å². The molecule has 0 aliphatic heterocycles. The second-order valence-corrected chi connectivity index (χ2v) is 6.81. The number of anilines is 1. The van der Waals surface area contributed by atoms with Crippen molar-refractivity contribution in [1.29, 1.82) is 0 Å². The van der Waals surface area contributed by atoms with E-state index in [1.165, 1.54) is 24.3 Å². The summed E-state index contributed by atoms with van der Waals surface area (Å²) in [6.07, 6.45) is -10.7. The van der Waals surface area contributed by atoms with Gasteiger partial charge >= 0.3 is 12.4 Å². The highest BCUT2D eigenvalue weighted by Crippen LogP contribution is 2.36. The normalized spacial score (nSPS) is 13.6. The molecule has 2 rings (SSSR count). The predicted molar refractivity (Wildman–Crippen MR) is 103 cm³/mol. The first-order valence-corrected chi connectivity index (χ1v) is 8.78. The molecule has 0 fully saturated rings. The van der Waals surface area contributed by atoms with Crippen molar-refractivity contribution in [3.63, 3.8) is 0 Å². The Morgan fingerprint density at radius 3 is 1.59 bits per heavy atom. The first-order valence-electron chi connectivity index (χ1n) is 7.27. The van der Waals surface area contributed by atoms with Gasteiger partial charge in [-0.25, -0.2) is 9.98 Å². The van der Waals surface area contributed by atoms with Gasteiger partial charge in [0.2, 0.25) is 11.7 Å². The fourth-order valence-electron chi connectivity index (χ4n) is 1.86. The molecular weight excluding hydrogens is 490 g/mol.